The molecule has 0 aliphatic heterocycles. The average Bonchev–Trinajstić information content (AvgIpc) is 2.25. The van der Waals surface area contributed by atoms with Crippen LogP contribution in [-0.4, -0.2) is 24.9 Å². The fourth-order valence-electron chi connectivity index (χ4n) is 1.07. The monoisotopic (exact) mass is 212 g/mol. The summed E-state index contributed by atoms with van der Waals surface area (Å²) in [6, 6.07) is -0.498. The van der Waals surface area contributed by atoms with Crippen LogP contribution in [0.4, 0.5) is 0 Å². The molecule has 0 aromatic carbocycles. The van der Waals surface area contributed by atoms with Gasteiger partial charge in [-0.1, -0.05) is 19.9 Å². The van der Waals surface area contributed by atoms with Crippen molar-refractivity contribution in [3.05, 3.63) is 12.7 Å². The summed E-state index contributed by atoms with van der Waals surface area (Å²) in [6.45, 7) is 9.03. The minimum Gasteiger partial charge on any atom is -0.357 e. The van der Waals surface area contributed by atoms with Crippen molar-refractivity contribution in [2.24, 2.45) is 11.8 Å². The number of carbonyl (C=O) groups excluding carboxylic acids is 2. The molecule has 15 heavy (non-hydrogen) atoms. The summed E-state index contributed by atoms with van der Waals surface area (Å²) >= 11 is 0. The highest BCUT2D eigenvalue weighted by Gasteiger charge is 2.21. The summed E-state index contributed by atoms with van der Waals surface area (Å²) in [7, 11) is 1.54. The van der Waals surface area contributed by atoms with Crippen LogP contribution in [0, 0.1) is 11.8 Å². The number of nitrogens with one attached hydrogen (secondary N) is 2. The molecule has 2 amide bonds. The highest BCUT2D eigenvalue weighted by Crippen LogP contribution is 2.11. The van der Waals surface area contributed by atoms with Crippen molar-refractivity contribution in [2.45, 2.75) is 26.8 Å². The molecule has 4 heteroatoms. The van der Waals surface area contributed by atoms with Gasteiger partial charge >= 0.3 is 0 Å². The molecule has 0 saturated carbocycles. The van der Waals surface area contributed by atoms with E-state index in [1.807, 2.05) is 13.8 Å². The minimum absolute atomic E-state index is 0.0990. The molecule has 0 aliphatic rings. The Hall–Kier alpha value is -1.32. The summed E-state index contributed by atoms with van der Waals surface area (Å²) in [5.74, 6) is -0.392. The van der Waals surface area contributed by atoms with Crippen LogP contribution in [0.2, 0.25) is 0 Å². The van der Waals surface area contributed by atoms with Gasteiger partial charge < -0.3 is 10.6 Å². The first-order chi connectivity index (χ1) is 6.93. The van der Waals surface area contributed by atoms with Gasteiger partial charge in [0.15, 0.2) is 0 Å². The molecule has 2 N–H and O–H groups in total. The molecule has 3 unspecified atom stereocenters. The minimum atomic E-state index is -0.498. The number of likely N-dealkylation sites (N-methyl/N-ethyl adjacent to an activating group) is 1. The lowest BCUT2D eigenvalue weighted by Crippen LogP contribution is -2.46. The van der Waals surface area contributed by atoms with Crippen molar-refractivity contribution in [1.29, 1.82) is 0 Å². The van der Waals surface area contributed by atoms with Crippen molar-refractivity contribution >= 4 is 11.8 Å². The van der Waals surface area contributed by atoms with Crippen LogP contribution in [0.15, 0.2) is 12.7 Å². The van der Waals surface area contributed by atoms with Crippen molar-refractivity contribution in [3.8, 4) is 0 Å². The van der Waals surface area contributed by atoms with Gasteiger partial charge in [0.05, 0.1) is 0 Å². The molecular formula is C11H20N2O2. The van der Waals surface area contributed by atoms with Crippen LogP contribution in [0.3, 0.4) is 0 Å². The van der Waals surface area contributed by atoms with Gasteiger partial charge in [-0.2, -0.15) is 0 Å². The first kappa shape index (κ1) is 13.7. The van der Waals surface area contributed by atoms with Crippen molar-refractivity contribution in [1.82, 2.24) is 10.6 Å². The summed E-state index contributed by atoms with van der Waals surface area (Å²) in [6.07, 6.45) is 1.73. The van der Waals surface area contributed by atoms with Gasteiger partial charge in [0.2, 0.25) is 11.8 Å². The maximum Gasteiger partial charge on any atom is 0.242 e. The summed E-state index contributed by atoms with van der Waals surface area (Å²) in [5.41, 5.74) is 0. The Morgan fingerprint density at radius 2 is 1.73 bits per heavy atom. The third kappa shape index (κ3) is 4.14. The predicted octanol–water partition coefficient (Wildman–Crippen LogP) is 0.695. The predicted molar refractivity (Wildman–Crippen MR) is 60.2 cm³/mol. The van der Waals surface area contributed by atoms with Crippen molar-refractivity contribution < 1.29 is 9.59 Å². The number of allylic oxidation sites excluding steroid dienone is 1. The van der Waals surface area contributed by atoms with Crippen LogP contribution in [0.1, 0.15) is 20.8 Å². The topological polar surface area (TPSA) is 58.2 Å². The lowest BCUT2D eigenvalue weighted by Gasteiger charge is -2.19. The standard InChI is InChI=1S/C11H20N2O2/c1-6-7(2)8(3)10(14)13-9(4)11(15)12-5/h6-9H,1H2,2-5H3,(H,12,15)(H,13,14). The van der Waals surface area contributed by atoms with E-state index >= 15 is 0 Å². The van der Waals surface area contributed by atoms with Crippen LogP contribution >= 0.6 is 0 Å². The Balaban J connectivity index is 4.24. The SMILES string of the molecule is C=CC(C)C(C)C(=O)NC(C)C(=O)NC. The molecule has 3 atom stereocenters. The van der Waals surface area contributed by atoms with E-state index in [2.05, 4.69) is 17.2 Å². The van der Waals surface area contributed by atoms with E-state index < -0.39 is 6.04 Å². The number of hydrogen-bond acceptors (Lipinski definition) is 2. The van der Waals surface area contributed by atoms with Gasteiger partial charge in [0, 0.05) is 13.0 Å². The second kappa shape index (κ2) is 6.22. The Labute approximate surface area is 91.1 Å². The Morgan fingerprint density at radius 1 is 1.20 bits per heavy atom. The maximum absolute atomic E-state index is 11.6. The summed E-state index contributed by atoms with van der Waals surface area (Å²) in [5, 5.41) is 5.13. The van der Waals surface area contributed by atoms with E-state index in [0.717, 1.165) is 0 Å². The van der Waals surface area contributed by atoms with E-state index in [9.17, 15) is 9.59 Å². The van der Waals surface area contributed by atoms with Crippen molar-refractivity contribution in [2.75, 3.05) is 7.05 Å². The van der Waals surface area contributed by atoms with Crippen LogP contribution in [-0.2, 0) is 9.59 Å². The third-order valence-corrected chi connectivity index (χ3v) is 2.57. The lowest BCUT2D eigenvalue weighted by molar-refractivity contribution is -0.130. The summed E-state index contributed by atoms with van der Waals surface area (Å²) < 4.78 is 0. The molecule has 86 valence electrons. The fourth-order valence-corrected chi connectivity index (χ4v) is 1.07. The quantitative estimate of drug-likeness (QED) is 0.659. The third-order valence-electron chi connectivity index (χ3n) is 2.57. The second-order valence-corrected chi connectivity index (χ2v) is 3.73. The van der Waals surface area contributed by atoms with E-state index in [4.69, 9.17) is 0 Å². The molecule has 0 aromatic heterocycles. The normalized spacial score (nSPS) is 16.0. The molecule has 0 spiro atoms. The van der Waals surface area contributed by atoms with E-state index in [1.54, 1.807) is 20.0 Å². The number of amides is 2. The molecule has 0 aromatic rings. The zero-order valence-electron chi connectivity index (χ0n) is 9.83. The highest BCUT2D eigenvalue weighted by atomic mass is 16.2. The zero-order valence-corrected chi connectivity index (χ0v) is 9.83. The Morgan fingerprint density at radius 3 is 2.13 bits per heavy atom. The molecule has 0 radical (unpaired) electrons. The number of hydrogen-bond donors (Lipinski definition) is 2. The zero-order chi connectivity index (χ0) is 12.0. The van der Waals surface area contributed by atoms with Gasteiger partial charge in [-0.05, 0) is 12.8 Å². The van der Waals surface area contributed by atoms with Gasteiger partial charge in [-0.3, -0.25) is 9.59 Å². The molecule has 0 heterocycles. The van der Waals surface area contributed by atoms with E-state index in [1.165, 1.54) is 0 Å². The van der Waals surface area contributed by atoms with Crippen LogP contribution in [0.25, 0.3) is 0 Å². The number of rotatable bonds is 5. The highest BCUT2D eigenvalue weighted by molar-refractivity contribution is 5.88. The first-order valence-corrected chi connectivity index (χ1v) is 5.08. The Kier molecular flexibility index (Phi) is 5.67. The van der Waals surface area contributed by atoms with Crippen LogP contribution in [0.5, 0.6) is 0 Å². The van der Waals surface area contributed by atoms with Gasteiger partial charge in [0.25, 0.3) is 0 Å². The second-order valence-electron chi connectivity index (χ2n) is 3.73. The van der Waals surface area contributed by atoms with Gasteiger partial charge in [-0.25, -0.2) is 0 Å². The van der Waals surface area contributed by atoms with Gasteiger partial charge in [0.1, 0.15) is 6.04 Å². The molecule has 0 rings (SSSR count). The largest absolute Gasteiger partial charge is 0.357 e. The molecule has 0 bridgehead atoms. The molecule has 0 aliphatic carbocycles. The van der Waals surface area contributed by atoms with E-state index in [-0.39, 0.29) is 23.7 Å². The van der Waals surface area contributed by atoms with Gasteiger partial charge in [-0.15, -0.1) is 6.58 Å². The fraction of sp³-hybridized carbons (Fsp3) is 0.636. The smallest absolute Gasteiger partial charge is 0.242 e. The summed E-state index contributed by atoms with van der Waals surface area (Å²) in [4.78, 5) is 22.8. The number of carbonyl (C=O) groups is 2. The molecule has 0 fully saturated rings. The van der Waals surface area contributed by atoms with E-state index in [0.29, 0.717) is 0 Å². The molecular weight excluding hydrogens is 192 g/mol. The van der Waals surface area contributed by atoms with Crippen molar-refractivity contribution in [3.63, 3.8) is 0 Å². The Bertz CT molecular complexity index is 251. The maximum atomic E-state index is 11.6. The first-order valence-electron chi connectivity index (χ1n) is 5.08. The molecule has 0 saturated heterocycles. The lowest BCUT2D eigenvalue weighted by atomic mass is 9.95. The average molecular weight is 212 g/mol. The van der Waals surface area contributed by atoms with Crippen LogP contribution < -0.4 is 10.6 Å². The molecule has 4 nitrogen and oxygen atoms in total.